The van der Waals surface area contributed by atoms with E-state index in [1.165, 1.54) is 11.8 Å². The van der Waals surface area contributed by atoms with Crippen LogP contribution in [0.1, 0.15) is 23.3 Å². The van der Waals surface area contributed by atoms with Gasteiger partial charge in [0, 0.05) is 22.0 Å². The number of nitrogens with zero attached hydrogens (tertiary/aromatic N) is 3. The minimum Gasteiger partial charge on any atom is -0.460 e. The van der Waals surface area contributed by atoms with Crippen LogP contribution >= 0.6 is 23.4 Å². The van der Waals surface area contributed by atoms with E-state index in [-0.39, 0.29) is 0 Å². The molecule has 1 aliphatic rings. The zero-order valence-corrected chi connectivity index (χ0v) is 17.6. The molecular formula is C22H17ClN4O2S. The van der Waals surface area contributed by atoms with Crippen molar-refractivity contribution in [3.8, 4) is 17.1 Å². The first-order chi connectivity index (χ1) is 14.7. The maximum atomic E-state index is 6.26. The number of benzene rings is 2. The van der Waals surface area contributed by atoms with E-state index >= 15 is 0 Å². The molecule has 0 spiro atoms. The highest BCUT2D eigenvalue weighted by molar-refractivity contribution is 7.98. The first kappa shape index (κ1) is 19.0. The summed E-state index contributed by atoms with van der Waals surface area (Å²) in [6.07, 6.45) is -0.529. The number of hydrogen-bond donors (Lipinski definition) is 1. The number of anilines is 1. The summed E-state index contributed by atoms with van der Waals surface area (Å²) < 4.78 is 12.0. The molecule has 6 nitrogen and oxygen atoms in total. The number of ether oxygens (including phenoxy) is 1. The molecule has 0 amide bonds. The van der Waals surface area contributed by atoms with Crippen LogP contribution in [0.4, 0.5) is 5.69 Å². The second kappa shape index (κ2) is 8.01. The molecule has 0 radical (unpaired) electrons. The Balaban J connectivity index is 1.49. The van der Waals surface area contributed by atoms with Crippen LogP contribution in [0.25, 0.3) is 11.3 Å². The molecule has 0 saturated heterocycles. The van der Waals surface area contributed by atoms with E-state index in [0.29, 0.717) is 28.2 Å². The van der Waals surface area contributed by atoms with E-state index in [2.05, 4.69) is 20.5 Å². The molecule has 5 rings (SSSR count). The Morgan fingerprint density at radius 3 is 2.70 bits per heavy atom. The van der Waals surface area contributed by atoms with Gasteiger partial charge in [0.1, 0.15) is 5.76 Å². The van der Waals surface area contributed by atoms with Crippen LogP contribution in [0.5, 0.6) is 5.88 Å². The van der Waals surface area contributed by atoms with E-state index in [0.717, 1.165) is 27.6 Å². The third kappa shape index (κ3) is 3.74. The van der Waals surface area contributed by atoms with Crippen molar-refractivity contribution in [2.24, 2.45) is 0 Å². The Labute approximate surface area is 182 Å². The average molecular weight is 437 g/mol. The number of rotatable bonds is 4. The van der Waals surface area contributed by atoms with Gasteiger partial charge in [0.05, 0.1) is 0 Å². The molecule has 0 fully saturated rings. The van der Waals surface area contributed by atoms with Crippen LogP contribution < -0.4 is 10.1 Å². The Morgan fingerprint density at radius 2 is 1.87 bits per heavy atom. The maximum Gasteiger partial charge on any atom is 0.247 e. The third-order valence-corrected chi connectivity index (χ3v) is 5.92. The summed E-state index contributed by atoms with van der Waals surface area (Å²) in [7, 11) is 0. The zero-order valence-electron chi connectivity index (χ0n) is 16.0. The van der Waals surface area contributed by atoms with E-state index < -0.39 is 6.23 Å². The summed E-state index contributed by atoms with van der Waals surface area (Å²) in [4.78, 5) is 4.64. The van der Waals surface area contributed by atoms with Crippen LogP contribution in [0.2, 0.25) is 5.02 Å². The minimum absolute atomic E-state index is 0.406. The van der Waals surface area contributed by atoms with Gasteiger partial charge in [-0.25, -0.2) is 0 Å². The van der Waals surface area contributed by atoms with Crippen LogP contribution in [-0.4, -0.2) is 15.2 Å². The van der Waals surface area contributed by atoms with Gasteiger partial charge >= 0.3 is 0 Å². The number of fused-ring (bicyclic) bond motifs is 3. The molecule has 2 aromatic carbocycles. The fraction of sp³-hybridized carbons (Fsp3) is 0.136. The lowest BCUT2D eigenvalue weighted by Crippen LogP contribution is -2.16. The molecule has 8 heteroatoms. The van der Waals surface area contributed by atoms with Crippen molar-refractivity contribution in [1.82, 2.24) is 15.2 Å². The van der Waals surface area contributed by atoms with Crippen LogP contribution in [0.3, 0.4) is 0 Å². The van der Waals surface area contributed by atoms with Crippen molar-refractivity contribution in [2.75, 3.05) is 5.32 Å². The molecule has 150 valence electrons. The largest absolute Gasteiger partial charge is 0.460 e. The Morgan fingerprint density at radius 1 is 1.03 bits per heavy atom. The summed E-state index contributed by atoms with van der Waals surface area (Å²) in [6, 6.07) is 19.4. The Bertz CT molecular complexity index is 1210. The van der Waals surface area contributed by atoms with Gasteiger partial charge in [-0.1, -0.05) is 59.8 Å². The predicted molar refractivity (Wildman–Crippen MR) is 117 cm³/mol. The Kier molecular flexibility index (Phi) is 5.06. The lowest BCUT2D eigenvalue weighted by Gasteiger charge is -2.16. The standard InChI is InChI=1S/C22H17ClN4O2S/c1-13-10-11-18(28-13)20-24-17-9-5-3-7-15(17)19-21(29-20)25-22(27-26-19)30-12-14-6-2-4-8-16(14)23/h2-11,20,24H,12H2,1H3/t20-/m1/s1. The molecule has 4 aromatic rings. The molecule has 1 atom stereocenters. The minimum atomic E-state index is -0.529. The molecule has 3 heterocycles. The molecule has 1 aliphatic heterocycles. The van der Waals surface area contributed by atoms with E-state index in [4.69, 9.17) is 20.8 Å². The lowest BCUT2D eigenvalue weighted by atomic mass is 10.1. The first-order valence-corrected chi connectivity index (χ1v) is 10.7. The summed E-state index contributed by atoms with van der Waals surface area (Å²) in [5.41, 5.74) is 3.36. The van der Waals surface area contributed by atoms with Crippen molar-refractivity contribution < 1.29 is 9.15 Å². The second-order valence-corrected chi connectivity index (χ2v) is 8.11. The SMILES string of the molecule is Cc1ccc([C@@H]2Nc3ccccc3-c3nnc(SCc4ccccc4Cl)nc3O2)o1. The molecule has 0 bridgehead atoms. The van der Waals surface area contributed by atoms with E-state index in [1.54, 1.807) is 0 Å². The van der Waals surface area contributed by atoms with Crippen LogP contribution in [0, 0.1) is 6.92 Å². The number of aromatic nitrogens is 3. The molecule has 2 aromatic heterocycles. The Hall–Kier alpha value is -3.03. The number of halogens is 1. The summed E-state index contributed by atoms with van der Waals surface area (Å²) in [5.74, 6) is 2.52. The molecule has 0 unspecified atom stereocenters. The lowest BCUT2D eigenvalue weighted by molar-refractivity contribution is 0.194. The number of para-hydroxylation sites is 1. The van der Waals surface area contributed by atoms with Gasteiger partial charge in [-0.05, 0) is 36.8 Å². The van der Waals surface area contributed by atoms with Crippen molar-refractivity contribution in [3.05, 3.63) is 82.8 Å². The van der Waals surface area contributed by atoms with Gasteiger partial charge in [0.15, 0.2) is 11.5 Å². The van der Waals surface area contributed by atoms with Gasteiger partial charge in [-0.2, -0.15) is 4.98 Å². The van der Waals surface area contributed by atoms with Crippen molar-refractivity contribution in [2.45, 2.75) is 24.1 Å². The number of thioether (sulfide) groups is 1. The topological polar surface area (TPSA) is 73.1 Å². The number of hydrogen-bond acceptors (Lipinski definition) is 7. The van der Waals surface area contributed by atoms with Crippen molar-refractivity contribution in [1.29, 1.82) is 0 Å². The number of aryl methyl sites for hydroxylation is 1. The second-order valence-electron chi connectivity index (χ2n) is 6.76. The van der Waals surface area contributed by atoms with Gasteiger partial charge < -0.3 is 14.5 Å². The molecule has 0 saturated carbocycles. The summed E-state index contributed by atoms with van der Waals surface area (Å²) in [5, 5.41) is 13.3. The van der Waals surface area contributed by atoms with Gasteiger partial charge in [-0.15, -0.1) is 10.2 Å². The average Bonchev–Trinajstić information content (AvgIpc) is 3.12. The smallest absolute Gasteiger partial charge is 0.247 e. The predicted octanol–water partition coefficient (Wildman–Crippen LogP) is 5.89. The highest BCUT2D eigenvalue weighted by Gasteiger charge is 2.27. The first-order valence-electron chi connectivity index (χ1n) is 9.37. The summed E-state index contributed by atoms with van der Waals surface area (Å²) in [6.45, 7) is 1.90. The fourth-order valence-electron chi connectivity index (χ4n) is 3.19. The number of furan rings is 1. The van der Waals surface area contributed by atoms with Crippen LogP contribution in [0.15, 0.2) is 70.2 Å². The monoisotopic (exact) mass is 436 g/mol. The zero-order chi connectivity index (χ0) is 20.5. The normalized spacial score (nSPS) is 14.8. The fourth-order valence-corrected chi connectivity index (χ4v) is 4.25. The molecule has 0 aliphatic carbocycles. The molecular weight excluding hydrogens is 420 g/mol. The van der Waals surface area contributed by atoms with Crippen molar-refractivity contribution in [3.63, 3.8) is 0 Å². The van der Waals surface area contributed by atoms with E-state index in [1.807, 2.05) is 67.6 Å². The highest BCUT2D eigenvalue weighted by Crippen LogP contribution is 2.40. The highest BCUT2D eigenvalue weighted by atomic mass is 35.5. The quantitative estimate of drug-likeness (QED) is 0.400. The molecule has 1 N–H and O–H groups in total. The van der Waals surface area contributed by atoms with Gasteiger partial charge in [-0.3, -0.25) is 0 Å². The maximum absolute atomic E-state index is 6.26. The third-order valence-electron chi connectivity index (χ3n) is 4.67. The van der Waals surface area contributed by atoms with Crippen LogP contribution in [-0.2, 0) is 5.75 Å². The van der Waals surface area contributed by atoms with E-state index in [9.17, 15) is 0 Å². The summed E-state index contributed by atoms with van der Waals surface area (Å²) >= 11 is 7.72. The molecule has 30 heavy (non-hydrogen) atoms. The van der Waals surface area contributed by atoms with Gasteiger partial charge in [0.25, 0.3) is 0 Å². The number of nitrogens with one attached hydrogen (secondary N) is 1. The van der Waals surface area contributed by atoms with Crippen molar-refractivity contribution >= 4 is 29.1 Å². The van der Waals surface area contributed by atoms with Gasteiger partial charge in [0.2, 0.25) is 17.3 Å².